The third kappa shape index (κ3) is 4.97. The number of alkyl halides is 3. The molecule has 2 heterocycles. The topological polar surface area (TPSA) is 64.0 Å². The van der Waals surface area contributed by atoms with Gasteiger partial charge in [-0.05, 0) is 42.5 Å². The number of anilines is 1. The van der Waals surface area contributed by atoms with Crippen LogP contribution in [0.3, 0.4) is 0 Å². The maximum Gasteiger partial charge on any atom is 0.416 e. The Hall–Kier alpha value is -2.43. The number of hydrogen-bond acceptors (Lipinski definition) is 5. The van der Waals surface area contributed by atoms with Gasteiger partial charge in [0.05, 0.1) is 27.6 Å². The second-order valence-electron chi connectivity index (χ2n) is 6.80. The van der Waals surface area contributed by atoms with E-state index in [0.29, 0.717) is 33.5 Å². The average molecular weight is 498 g/mol. The number of rotatable bonds is 5. The predicted octanol–water partition coefficient (Wildman–Crippen LogP) is 5.28. The number of thioether (sulfide) groups is 2. The minimum Gasteiger partial charge on any atom is -0.325 e. The van der Waals surface area contributed by atoms with Gasteiger partial charge < -0.3 is 5.32 Å². The van der Waals surface area contributed by atoms with Crippen molar-refractivity contribution in [1.29, 1.82) is 0 Å². The van der Waals surface area contributed by atoms with Crippen molar-refractivity contribution in [2.24, 2.45) is 0 Å². The number of benzene rings is 2. The zero-order valence-corrected chi connectivity index (χ0v) is 18.7. The third-order valence-electron chi connectivity index (χ3n) is 4.56. The Kier molecular flexibility index (Phi) is 6.55. The number of carbonyl (C=O) groups excluding carboxylic acids is 1. The number of nitrogens with zero attached hydrogens (tertiary/aromatic N) is 2. The van der Waals surface area contributed by atoms with Crippen molar-refractivity contribution in [3.63, 3.8) is 0 Å². The van der Waals surface area contributed by atoms with Crippen LogP contribution in [0, 0.1) is 0 Å². The van der Waals surface area contributed by atoms with Gasteiger partial charge in [-0.2, -0.15) is 13.2 Å². The van der Waals surface area contributed by atoms with Crippen LogP contribution in [-0.4, -0.2) is 27.0 Å². The molecule has 1 N–H and O–H groups in total. The summed E-state index contributed by atoms with van der Waals surface area (Å²) in [6.07, 6.45) is -3.96. The lowest BCUT2D eigenvalue weighted by molar-refractivity contribution is -0.137. The van der Waals surface area contributed by atoms with Crippen LogP contribution in [0.15, 0.2) is 63.4 Å². The summed E-state index contributed by atoms with van der Waals surface area (Å²) in [4.78, 5) is 30.4. The molecule has 166 valence electrons. The highest BCUT2D eigenvalue weighted by atomic mass is 35.5. The lowest BCUT2D eigenvalue weighted by Gasteiger charge is -2.15. The Balaban J connectivity index is 1.65. The minimum absolute atomic E-state index is 0.0493. The fourth-order valence-corrected chi connectivity index (χ4v) is 5.08. The maximum atomic E-state index is 13.2. The van der Waals surface area contributed by atoms with Crippen LogP contribution in [-0.2, 0) is 17.4 Å². The van der Waals surface area contributed by atoms with Crippen LogP contribution in [0.4, 0.5) is 18.9 Å². The highest BCUT2D eigenvalue weighted by Crippen LogP contribution is 2.33. The molecule has 0 saturated carbocycles. The van der Waals surface area contributed by atoms with E-state index in [-0.39, 0.29) is 22.5 Å². The summed E-state index contributed by atoms with van der Waals surface area (Å²) in [6, 6.07) is 11.1. The molecule has 0 atom stereocenters. The second-order valence-corrected chi connectivity index (χ2v) is 9.29. The molecule has 0 bridgehead atoms. The summed E-state index contributed by atoms with van der Waals surface area (Å²) in [5.74, 6) is 0.239. The largest absolute Gasteiger partial charge is 0.416 e. The number of nitrogens with one attached hydrogen (secondary N) is 1. The number of carbonyl (C=O) groups is 1. The Morgan fingerprint density at radius 1 is 1.22 bits per heavy atom. The lowest BCUT2D eigenvalue weighted by atomic mass is 10.2. The predicted molar refractivity (Wildman–Crippen MR) is 120 cm³/mol. The molecule has 5 nitrogen and oxygen atoms in total. The zero-order valence-electron chi connectivity index (χ0n) is 16.3. The van der Waals surface area contributed by atoms with Crippen LogP contribution >= 0.6 is 35.1 Å². The number of aryl methyl sites for hydroxylation is 1. The van der Waals surface area contributed by atoms with Gasteiger partial charge in [0.1, 0.15) is 0 Å². The highest BCUT2D eigenvalue weighted by molar-refractivity contribution is 8.00. The molecular weight excluding hydrogens is 483 g/mol. The Labute approximate surface area is 194 Å². The maximum absolute atomic E-state index is 13.2. The van der Waals surface area contributed by atoms with E-state index < -0.39 is 17.3 Å². The first-order chi connectivity index (χ1) is 15.2. The molecule has 0 spiro atoms. The van der Waals surface area contributed by atoms with Crippen LogP contribution in [0.5, 0.6) is 0 Å². The van der Waals surface area contributed by atoms with E-state index in [2.05, 4.69) is 10.3 Å². The van der Waals surface area contributed by atoms with Crippen molar-refractivity contribution >= 4 is 46.7 Å². The van der Waals surface area contributed by atoms with Gasteiger partial charge in [0.25, 0.3) is 5.56 Å². The summed E-state index contributed by atoms with van der Waals surface area (Å²) in [6.45, 7) is 0. The summed E-state index contributed by atoms with van der Waals surface area (Å²) in [5, 5.41) is 3.41. The Bertz CT molecular complexity index is 1230. The summed E-state index contributed by atoms with van der Waals surface area (Å²) in [5.41, 5.74) is -0.102. The smallest absolute Gasteiger partial charge is 0.325 e. The van der Waals surface area contributed by atoms with Crippen molar-refractivity contribution < 1.29 is 18.0 Å². The molecule has 0 aliphatic carbocycles. The number of aromatic nitrogens is 2. The van der Waals surface area contributed by atoms with E-state index in [1.165, 1.54) is 23.9 Å². The fraction of sp³-hybridized carbons (Fsp3) is 0.190. The van der Waals surface area contributed by atoms with Crippen molar-refractivity contribution in [3.05, 3.63) is 75.2 Å². The minimum atomic E-state index is -4.55. The van der Waals surface area contributed by atoms with Crippen LogP contribution in [0.1, 0.15) is 11.3 Å². The molecular formula is C21H15ClF3N3O2S2. The van der Waals surface area contributed by atoms with Gasteiger partial charge in [0.15, 0.2) is 5.16 Å². The Morgan fingerprint density at radius 3 is 2.69 bits per heavy atom. The molecule has 0 unspecified atom stereocenters. The Morgan fingerprint density at radius 2 is 1.97 bits per heavy atom. The van der Waals surface area contributed by atoms with Gasteiger partial charge in [0, 0.05) is 22.9 Å². The third-order valence-corrected chi connectivity index (χ3v) is 6.86. The molecule has 3 aromatic rings. The number of fused-ring (bicyclic) bond motifs is 1. The highest BCUT2D eigenvalue weighted by Gasteiger charge is 2.31. The SMILES string of the molecule is O=C(CSc1nc2c(c(=O)n1-c1cccc(C(F)(F)F)c1)SCC2)Nc1ccc(Cl)cc1. The van der Waals surface area contributed by atoms with Crippen molar-refractivity contribution in [3.8, 4) is 5.69 Å². The van der Waals surface area contributed by atoms with E-state index in [1.807, 2.05) is 0 Å². The normalized spacial score (nSPS) is 13.1. The summed E-state index contributed by atoms with van der Waals surface area (Å²) in [7, 11) is 0. The lowest BCUT2D eigenvalue weighted by Crippen LogP contribution is -2.25. The van der Waals surface area contributed by atoms with E-state index in [4.69, 9.17) is 11.6 Å². The van der Waals surface area contributed by atoms with Gasteiger partial charge >= 0.3 is 6.18 Å². The summed E-state index contributed by atoms with van der Waals surface area (Å²) >= 11 is 8.16. The molecule has 0 radical (unpaired) electrons. The molecule has 1 aromatic heterocycles. The van der Waals surface area contributed by atoms with E-state index in [1.54, 1.807) is 24.3 Å². The van der Waals surface area contributed by atoms with Gasteiger partial charge in [-0.15, -0.1) is 11.8 Å². The van der Waals surface area contributed by atoms with Crippen molar-refractivity contribution in [1.82, 2.24) is 9.55 Å². The van der Waals surface area contributed by atoms with E-state index >= 15 is 0 Å². The van der Waals surface area contributed by atoms with Crippen LogP contribution in [0.25, 0.3) is 5.69 Å². The number of halogens is 4. The second kappa shape index (κ2) is 9.21. The molecule has 1 aliphatic rings. The number of hydrogen-bond donors (Lipinski definition) is 1. The van der Waals surface area contributed by atoms with Crippen LogP contribution < -0.4 is 10.9 Å². The van der Waals surface area contributed by atoms with E-state index in [9.17, 15) is 22.8 Å². The first-order valence-corrected chi connectivity index (χ1v) is 11.7. The first-order valence-electron chi connectivity index (χ1n) is 9.37. The van der Waals surface area contributed by atoms with E-state index in [0.717, 1.165) is 28.5 Å². The number of amides is 1. The molecule has 11 heteroatoms. The molecule has 32 heavy (non-hydrogen) atoms. The zero-order chi connectivity index (χ0) is 22.9. The monoisotopic (exact) mass is 497 g/mol. The molecule has 0 fully saturated rings. The quantitative estimate of drug-likeness (QED) is 0.383. The molecule has 0 saturated heterocycles. The van der Waals surface area contributed by atoms with Crippen molar-refractivity contribution in [2.75, 3.05) is 16.8 Å². The fourth-order valence-electron chi connectivity index (χ4n) is 3.10. The van der Waals surface area contributed by atoms with Gasteiger partial charge in [0.2, 0.25) is 5.91 Å². The van der Waals surface area contributed by atoms with Crippen LogP contribution in [0.2, 0.25) is 5.02 Å². The van der Waals surface area contributed by atoms with Crippen molar-refractivity contribution in [2.45, 2.75) is 22.6 Å². The molecule has 1 aliphatic heterocycles. The van der Waals surface area contributed by atoms with Gasteiger partial charge in [-0.1, -0.05) is 29.4 Å². The molecule has 4 rings (SSSR count). The van der Waals surface area contributed by atoms with Gasteiger partial charge in [-0.25, -0.2) is 4.98 Å². The average Bonchev–Trinajstić information content (AvgIpc) is 3.22. The summed E-state index contributed by atoms with van der Waals surface area (Å²) < 4.78 is 40.8. The first kappa shape index (κ1) is 22.8. The molecule has 1 amide bonds. The van der Waals surface area contributed by atoms with Gasteiger partial charge in [-0.3, -0.25) is 14.2 Å². The molecule has 2 aromatic carbocycles. The standard InChI is InChI=1S/C21H15ClF3N3O2S2/c22-13-4-6-14(7-5-13)26-17(29)11-32-20-27-16-8-9-31-18(16)19(30)28(20)15-3-1-2-12(10-15)21(23,24)25/h1-7,10H,8-9,11H2,(H,26,29).